The topological polar surface area (TPSA) is 486 Å². The van der Waals surface area contributed by atoms with Crippen molar-refractivity contribution in [2.24, 2.45) is 34.2 Å². The SMILES string of the molecule is CC(C)C[C@H](NC(=O)[C@H](CC(=O)O)CC(=O)CNC(=O)[C@@H]1CCCN1C(=O)CCC(C(=O)O)N1CCN(CC=O)CCN(CC=O)CCN(CC(=O)[O-])CC1)C(=O)C[C@@H](CO)C(=O)N[C@@H](CCCN=C(N)N)C(=O)O.[Ga+3].[OH-].[OH-]. The van der Waals surface area contributed by atoms with Gasteiger partial charge in [0.2, 0.25) is 23.6 Å². The largest absolute Gasteiger partial charge is 3.00 e. The summed E-state index contributed by atoms with van der Waals surface area (Å²) in [6.07, 6.45) is -0.616. The zero-order valence-electron chi connectivity index (χ0n) is 44.3. The smallest absolute Gasteiger partial charge is 0.870 e. The van der Waals surface area contributed by atoms with Gasteiger partial charge >= 0.3 is 37.7 Å². The van der Waals surface area contributed by atoms with Crippen LogP contribution in [-0.4, -0.2) is 276 Å². The van der Waals surface area contributed by atoms with Gasteiger partial charge in [-0.3, -0.25) is 62.9 Å². The van der Waals surface area contributed by atoms with Crippen LogP contribution in [-0.2, 0) is 57.5 Å². The fraction of sp³-hybridized carbons (Fsp3) is 0.723. The molecule has 6 atom stereocenters. The summed E-state index contributed by atoms with van der Waals surface area (Å²) in [5.41, 5.74) is 10.6. The predicted octanol–water partition coefficient (Wildman–Crippen LogP) is -6.27. The van der Waals surface area contributed by atoms with Crippen molar-refractivity contribution in [2.45, 2.75) is 102 Å². The first-order valence-electron chi connectivity index (χ1n) is 25.0. The van der Waals surface area contributed by atoms with E-state index < -0.39 is 134 Å². The van der Waals surface area contributed by atoms with Crippen LogP contribution in [0.4, 0.5) is 0 Å². The van der Waals surface area contributed by atoms with Crippen molar-refractivity contribution in [3.8, 4) is 0 Å². The number of hydrogen-bond donors (Lipinski definition) is 9. The van der Waals surface area contributed by atoms with E-state index in [9.17, 15) is 83.1 Å². The second-order valence-corrected chi connectivity index (χ2v) is 19.1. The number of aliphatic hydroxyl groups excluding tert-OH is 1. The number of Topliss-reactive ketones (excluding diaryl/α,β-unsaturated/α-hetero) is 2. The quantitative estimate of drug-likeness (QED) is 0.00970. The van der Waals surface area contributed by atoms with Gasteiger partial charge in [-0.25, -0.2) is 4.79 Å². The number of rotatable bonds is 33. The van der Waals surface area contributed by atoms with Crippen molar-refractivity contribution >= 4 is 97.4 Å². The summed E-state index contributed by atoms with van der Waals surface area (Å²) in [5, 5.41) is 58.5. The number of aldehydes is 2. The summed E-state index contributed by atoms with van der Waals surface area (Å²) < 4.78 is 0. The molecule has 2 aliphatic heterocycles. The number of likely N-dealkylation sites (tertiary alicyclic amines) is 1. The van der Waals surface area contributed by atoms with Crippen LogP contribution in [0, 0.1) is 17.8 Å². The standard InChI is InChI=1S/C47H77N11O17.Ga.2H2O/c1-30(2)23-35(38(63)25-32(29-61)43(70)52-34(45(72)73)5-3-9-50-47(48)49)53-42(69)31(26-40(65)66)24-33(62)27-51-44(71)36-6-4-10-58(36)39(64)8-7-37(46(74)75)57-17-15-55(20-22-60)12-11-54(19-21-59)13-14-56(16-18-57)28-41(67)68;;;/h21-22,30-32,34-37,61H,3-20,23-29H2,1-2H3,(H,51,71)(H,52,70)(H,53,69)(H,65,66)(H,67,68)(H,72,73)(H,74,75)(H4,48,49,50);;2*1H2/q;+3;;/p-3/t31-,32-,34-,35-,36-,37?;;;/m0.../s1. The first-order valence-corrected chi connectivity index (χ1v) is 25.0. The number of carboxylic acid groups (broad SMARTS) is 4. The van der Waals surface area contributed by atoms with Crippen molar-refractivity contribution in [1.82, 2.24) is 40.4 Å². The van der Waals surface area contributed by atoms with E-state index in [0.29, 0.717) is 32.3 Å². The normalized spacial score (nSPS) is 17.7. The molecule has 2 rings (SSSR count). The van der Waals surface area contributed by atoms with E-state index >= 15 is 0 Å². The summed E-state index contributed by atoms with van der Waals surface area (Å²) in [4.78, 5) is 163. The summed E-state index contributed by atoms with van der Waals surface area (Å²) in [6, 6.07) is -5.02. The number of amides is 4. The number of aliphatic hydroxyl groups is 1. The van der Waals surface area contributed by atoms with E-state index in [1.807, 2.05) is 4.90 Å². The Morgan fingerprint density at radius 3 is 1.79 bits per heavy atom. The van der Waals surface area contributed by atoms with E-state index in [-0.39, 0.29) is 140 Å². The summed E-state index contributed by atoms with van der Waals surface area (Å²) in [5.74, 6) is -13.6. The molecule has 0 spiro atoms. The fourth-order valence-electron chi connectivity index (χ4n) is 8.81. The van der Waals surface area contributed by atoms with Crippen LogP contribution in [0.2, 0.25) is 0 Å². The maximum atomic E-state index is 13.7. The van der Waals surface area contributed by atoms with Gasteiger partial charge in [0.25, 0.3) is 0 Å². The van der Waals surface area contributed by atoms with Crippen LogP contribution in [0.5, 0.6) is 0 Å². The number of ketones is 2. The van der Waals surface area contributed by atoms with Gasteiger partial charge in [-0.05, 0) is 44.4 Å². The van der Waals surface area contributed by atoms with Crippen LogP contribution in [0.3, 0.4) is 0 Å². The van der Waals surface area contributed by atoms with Crippen molar-refractivity contribution in [1.29, 1.82) is 0 Å². The molecule has 30 nitrogen and oxygen atoms in total. The molecule has 0 bridgehead atoms. The third kappa shape index (κ3) is 28.1. The molecule has 438 valence electrons. The molecule has 0 saturated carbocycles. The Labute approximate surface area is 465 Å². The molecule has 2 saturated heterocycles. The molecule has 2 heterocycles. The monoisotopic (exact) mass is 1170 g/mol. The van der Waals surface area contributed by atoms with Gasteiger partial charge in [-0.15, -0.1) is 0 Å². The molecule has 31 heteroatoms. The zero-order valence-corrected chi connectivity index (χ0v) is 46.7. The average molecular weight is 1170 g/mol. The van der Waals surface area contributed by atoms with Crippen molar-refractivity contribution < 1.29 is 94.0 Å². The fourth-order valence-corrected chi connectivity index (χ4v) is 8.81. The minimum absolute atomic E-state index is 0. The number of nitrogens with zero attached hydrogens (tertiary/aromatic N) is 6. The first kappa shape index (κ1) is 74.1. The van der Waals surface area contributed by atoms with E-state index in [1.165, 1.54) is 4.90 Å². The van der Waals surface area contributed by atoms with E-state index in [2.05, 4.69) is 20.9 Å². The average Bonchev–Trinajstić information content (AvgIpc) is 3.83. The number of aliphatic imine (C=N–C) groups is 1. The third-order valence-electron chi connectivity index (χ3n) is 12.9. The molecule has 2 aliphatic rings. The van der Waals surface area contributed by atoms with E-state index in [4.69, 9.17) is 11.5 Å². The third-order valence-corrected chi connectivity index (χ3v) is 12.9. The molecule has 0 aliphatic carbocycles. The second-order valence-electron chi connectivity index (χ2n) is 19.1. The Morgan fingerprint density at radius 1 is 0.731 bits per heavy atom. The van der Waals surface area contributed by atoms with Crippen LogP contribution in [0.25, 0.3) is 0 Å². The number of carbonyl (C=O) groups excluding carboxylic acids is 9. The molecular formula is C47H78GaN11O19. The summed E-state index contributed by atoms with van der Waals surface area (Å²) >= 11 is 0. The van der Waals surface area contributed by atoms with Gasteiger partial charge < -0.3 is 83.2 Å². The van der Waals surface area contributed by atoms with Crippen LogP contribution in [0.1, 0.15) is 78.1 Å². The summed E-state index contributed by atoms with van der Waals surface area (Å²) in [7, 11) is 0. The number of carboxylic acids is 4. The van der Waals surface area contributed by atoms with Crippen LogP contribution < -0.4 is 32.5 Å². The maximum absolute atomic E-state index is 13.7. The van der Waals surface area contributed by atoms with Gasteiger partial charge in [0.1, 0.15) is 30.7 Å². The van der Waals surface area contributed by atoms with Crippen molar-refractivity contribution in [3.05, 3.63) is 0 Å². The second kappa shape index (κ2) is 39.4. The Morgan fingerprint density at radius 2 is 1.28 bits per heavy atom. The Hall–Kier alpha value is -5.93. The van der Waals surface area contributed by atoms with Gasteiger partial charge in [0.15, 0.2) is 17.5 Å². The molecule has 0 aromatic heterocycles. The molecule has 2 fully saturated rings. The number of nitrogens with one attached hydrogen (secondary N) is 3. The Kier molecular flexibility index (Phi) is 37.5. The molecule has 13 N–H and O–H groups in total. The maximum Gasteiger partial charge on any atom is 3.00 e. The minimum Gasteiger partial charge on any atom is -0.870 e. The van der Waals surface area contributed by atoms with Crippen LogP contribution >= 0.6 is 0 Å². The molecule has 78 heavy (non-hydrogen) atoms. The molecular weight excluding hydrogens is 1090 g/mol. The molecule has 4 amide bonds. The zero-order chi connectivity index (χ0) is 56.2. The van der Waals surface area contributed by atoms with Gasteiger partial charge in [0, 0.05) is 91.3 Å². The predicted molar refractivity (Wildman–Crippen MR) is 272 cm³/mol. The Bertz CT molecular complexity index is 2020. The number of nitrogens with two attached hydrogens (primary N) is 2. The number of hydrogen-bond acceptors (Lipinski definition) is 21. The summed E-state index contributed by atoms with van der Waals surface area (Å²) in [6.45, 7) is 3.53. The first-order chi connectivity index (χ1) is 35.5. The van der Waals surface area contributed by atoms with Gasteiger partial charge in [-0.2, -0.15) is 0 Å². The molecule has 0 aromatic carbocycles. The Balaban J connectivity index is 0. The number of aliphatic carboxylic acids is 4. The van der Waals surface area contributed by atoms with Crippen LogP contribution in [0.15, 0.2) is 4.99 Å². The minimum atomic E-state index is -1.53. The van der Waals surface area contributed by atoms with E-state index in [0.717, 1.165) is 6.29 Å². The van der Waals surface area contributed by atoms with Gasteiger partial charge in [-0.1, -0.05) is 13.8 Å². The molecule has 0 radical (unpaired) electrons. The van der Waals surface area contributed by atoms with E-state index in [1.54, 1.807) is 28.5 Å². The molecule has 0 aromatic rings. The van der Waals surface area contributed by atoms with Crippen molar-refractivity contribution in [2.75, 3.05) is 98.2 Å². The number of guanidine groups is 1. The van der Waals surface area contributed by atoms with Gasteiger partial charge in [0.05, 0.1) is 56.5 Å². The number of carbonyl (C=O) groups is 12. The molecule has 1 unspecified atom stereocenters. The van der Waals surface area contributed by atoms with Crippen molar-refractivity contribution in [3.63, 3.8) is 0 Å².